The van der Waals surface area contributed by atoms with Crippen molar-refractivity contribution in [2.45, 2.75) is 100 Å². The van der Waals surface area contributed by atoms with E-state index < -0.39 is 22.7 Å². The SMILES string of the molecule is COCCCCC(=O)c1cccc(C(=O)NC(CC2CCCCC2)C[As](C)C(=O)OCC[Si](C)(C)C)c1. The average molecular weight is 594 g/mol. The van der Waals surface area contributed by atoms with Crippen molar-refractivity contribution in [1.29, 1.82) is 0 Å². The Morgan fingerprint density at radius 2 is 1.76 bits per heavy atom. The third-order valence-corrected chi connectivity index (χ3v) is 12.4. The van der Waals surface area contributed by atoms with Gasteiger partial charge in [-0.25, -0.2) is 0 Å². The quantitative estimate of drug-likeness (QED) is 0.128. The van der Waals surface area contributed by atoms with Gasteiger partial charge in [0.1, 0.15) is 0 Å². The van der Waals surface area contributed by atoms with E-state index in [4.69, 9.17) is 9.47 Å². The van der Waals surface area contributed by atoms with Gasteiger partial charge in [0, 0.05) is 7.11 Å². The monoisotopic (exact) mass is 593 g/mol. The van der Waals surface area contributed by atoms with E-state index >= 15 is 0 Å². The number of Topliss-reactive ketones (excluding diaryl/α,β-unsaturated/α-hetero) is 1. The van der Waals surface area contributed by atoms with Gasteiger partial charge in [0.25, 0.3) is 0 Å². The van der Waals surface area contributed by atoms with E-state index in [2.05, 4.69) is 25.0 Å². The molecule has 1 fully saturated rings. The topological polar surface area (TPSA) is 81.7 Å². The van der Waals surface area contributed by atoms with E-state index in [1.54, 1.807) is 31.4 Å². The average Bonchev–Trinajstić information content (AvgIpc) is 2.86. The van der Waals surface area contributed by atoms with Gasteiger partial charge in [-0.05, 0) is 0 Å². The van der Waals surface area contributed by atoms with Gasteiger partial charge in [-0.1, -0.05) is 0 Å². The van der Waals surface area contributed by atoms with Crippen molar-refractivity contribution in [2.24, 2.45) is 5.92 Å². The predicted octanol–water partition coefficient (Wildman–Crippen LogP) is 6.94. The van der Waals surface area contributed by atoms with Crippen molar-refractivity contribution < 1.29 is 23.9 Å². The molecule has 208 valence electrons. The number of methoxy groups -OCH3 is 1. The summed E-state index contributed by atoms with van der Waals surface area (Å²) in [6.45, 7) is 8.00. The minimum absolute atomic E-state index is 0.0327. The molecule has 1 aliphatic rings. The first-order chi connectivity index (χ1) is 17.6. The first-order valence-electron chi connectivity index (χ1n) is 13.9. The molecule has 0 aliphatic heterocycles. The van der Waals surface area contributed by atoms with Gasteiger partial charge in [0.05, 0.1) is 0 Å². The van der Waals surface area contributed by atoms with E-state index in [0.717, 1.165) is 25.3 Å². The number of carbonyl (C=O) groups excluding carboxylic acids is 3. The number of nitrogens with one attached hydrogen (secondary N) is 1. The summed E-state index contributed by atoms with van der Waals surface area (Å²) in [7, 11) is 0.407. The molecule has 2 atom stereocenters. The van der Waals surface area contributed by atoms with Crippen molar-refractivity contribution in [1.82, 2.24) is 5.32 Å². The molecule has 2 rings (SSSR count). The zero-order valence-corrected chi connectivity index (χ0v) is 26.5. The number of rotatable bonds is 16. The van der Waals surface area contributed by atoms with Gasteiger partial charge < -0.3 is 4.74 Å². The Morgan fingerprint density at radius 3 is 2.43 bits per heavy atom. The first kappa shape index (κ1) is 31.8. The molecule has 1 amide bonds. The summed E-state index contributed by atoms with van der Waals surface area (Å²) in [6.07, 6.45) is 9.12. The standard InChI is InChI=1S/C29H48AsNO5Si/c1-30(29(34)36-18-19-37(3,4)5)22-26(20-23-12-7-6-8-13-23)31-28(33)25-15-11-14-24(21-25)27(32)16-9-10-17-35-2/h11,14-15,21,23,26H,6-10,12-13,16-20,22H2,1-5H3,(H,31,33). The summed E-state index contributed by atoms with van der Waals surface area (Å²) in [4.78, 5) is 38.7. The molecule has 8 heteroatoms. The molecule has 1 aliphatic carbocycles. The van der Waals surface area contributed by atoms with E-state index in [-0.39, 0.29) is 22.5 Å². The van der Waals surface area contributed by atoms with Crippen molar-refractivity contribution in [2.75, 3.05) is 20.3 Å². The summed E-state index contributed by atoms with van der Waals surface area (Å²) < 4.78 is 10.7. The van der Waals surface area contributed by atoms with Crippen LogP contribution in [0.5, 0.6) is 0 Å². The molecule has 2 unspecified atom stereocenters. The minimum atomic E-state index is -1.91. The van der Waals surface area contributed by atoms with Crippen molar-refractivity contribution in [3.63, 3.8) is 0 Å². The number of hydrogen-bond acceptors (Lipinski definition) is 5. The van der Waals surface area contributed by atoms with Crippen LogP contribution in [0.4, 0.5) is 4.79 Å². The van der Waals surface area contributed by atoms with Crippen LogP contribution in [0.1, 0.15) is 78.5 Å². The zero-order valence-electron chi connectivity index (χ0n) is 23.6. The number of amides is 1. The van der Waals surface area contributed by atoms with Crippen LogP contribution in [0, 0.1) is 5.92 Å². The fourth-order valence-electron chi connectivity index (χ4n) is 4.74. The molecule has 0 bridgehead atoms. The number of benzene rings is 1. The molecule has 0 spiro atoms. The van der Waals surface area contributed by atoms with Crippen LogP contribution in [0.2, 0.25) is 36.6 Å². The summed E-state index contributed by atoms with van der Waals surface area (Å²) >= 11 is -1.91. The number of ether oxygens (including phenoxy) is 2. The predicted molar refractivity (Wildman–Crippen MR) is 155 cm³/mol. The third-order valence-electron chi connectivity index (χ3n) is 7.01. The van der Waals surface area contributed by atoms with Gasteiger partial charge in [-0.3, -0.25) is 0 Å². The second-order valence-corrected chi connectivity index (χ2v) is 21.8. The molecule has 1 aromatic carbocycles. The van der Waals surface area contributed by atoms with E-state index in [1.807, 2.05) is 5.71 Å². The Bertz CT molecular complexity index is 866. The van der Waals surface area contributed by atoms with Crippen molar-refractivity contribution >= 4 is 39.2 Å². The number of unbranched alkanes of at least 4 members (excludes halogenated alkanes) is 1. The molecule has 0 saturated heterocycles. The Kier molecular flexibility index (Phi) is 14.2. The van der Waals surface area contributed by atoms with E-state index in [9.17, 15) is 14.4 Å². The van der Waals surface area contributed by atoms with Crippen molar-refractivity contribution in [3.8, 4) is 0 Å². The Morgan fingerprint density at radius 1 is 1.05 bits per heavy atom. The molecule has 37 heavy (non-hydrogen) atoms. The maximum atomic E-state index is 13.3. The Labute approximate surface area is 229 Å². The number of ketones is 1. The molecule has 0 radical (unpaired) electrons. The molecule has 6 nitrogen and oxygen atoms in total. The molecule has 0 aromatic heterocycles. The molecule has 1 saturated carbocycles. The van der Waals surface area contributed by atoms with Crippen molar-refractivity contribution in [3.05, 3.63) is 35.4 Å². The summed E-state index contributed by atoms with van der Waals surface area (Å²) in [5.41, 5.74) is 3.12. The fourth-order valence-corrected chi connectivity index (χ4v) is 8.32. The van der Waals surface area contributed by atoms with Crippen LogP contribution in [0.3, 0.4) is 0 Å². The van der Waals surface area contributed by atoms with Gasteiger partial charge in [-0.2, -0.15) is 0 Å². The van der Waals surface area contributed by atoms with Crippen LogP contribution in [-0.2, 0) is 9.47 Å². The van der Waals surface area contributed by atoms with Gasteiger partial charge in [0.2, 0.25) is 0 Å². The molecule has 1 N–H and O–H groups in total. The van der Waals surface area contributed by atoms with Crippen LogP contribution in [0.15, 0.2) is 24.3 Å². The Hall–Kier alpha value is -1.43. The molecular formula is C29H48AsNO5Si. The fraction of sp³-hybridized carbons (Fsp3) is 0.690. The maximum absolute atomic E-state index is 13.3. The second-order valence-electron chi connectivity index (χ2n) is 11.7. The van der Waals surface area contributed by atoms with Crippen LogP contribution in [0.25, 0.3) is 0 Å². The van der Waals surface area contributed by atoms with E-state index in [1.165, 1.54) is 32.1 Å². The Balaban J connectivity index is 2.02. The number of hydrogen-bond donors (Lipinski definition) is 1. The third kappa shape index (κ3) is 12.8. The van der Waals surface area contributed by atoms with Gasteiger partial charge in [-0.15, -0.1) is 0 Å². The molecule has 1 aromatic rings. The number of carbonyl (C=O) groups is 3. The van der Waals surface area contributed by atoms with Gasteiger partial charge in [0.15, 0.2) is 0 Å². The van der Waals surface area contributed by atoms with Crippen LogP contribution in [-0.4, -0.2) is 65.5 Å². The molecular weight excluding hydrogens is 545 g/mol. The molecule has 0 heterocycles. The second kappa shape index (κ2) is 16.5. The summed E-state index contributed by atoms with van der Waals surface area (Å²) in [5, 5.41) is 3.95. The normalized spacial score (nSPS) is 16.1. The summed E-state index contributed by atoms with van der Waals surface area (Å²) in [5.74, 6) is 0.473. The van der Waals surface area contributed by atoms with Crippen LogP contribution >= 0.6 is 0 Å². The van der Waals surface area contributed by atoms with Crippen LogP contribution < -0.4 is 5.32 Å². The zero-order chi connectivity index (χ0) is 27.3. The first-order valence-corrected chi connectivity index (χ1v) is 21.7. The summed E-state index contributed by atoms with van der Waals surface area (Å²) in [6, 6.07) is 7.96. The van der Waals surface area contributed by atoms with E-state index in [0.29, 0.717) is 41.9 Å². The van der Waals surface area contributed by atoms with Gasteiger partial charge >= 0.3 is 219 Å².